The normalized spacial score (nSPS) is 36.7. The third-order valence-corrected chi connectivity index (χ3v) is 5.16. The first-order chi connectivity index (χ1) is 15.1. The average Bonchev–Trinajstić information content (AvgIpc) is 3.22. The lowest BCUT2D eigenvalue weighted by molar-refractivity contribution is -0.384. The van der Waals surface area contributed by atoms with E-state index in [1.54, 1.807) is 0 Å². The molecule has 2 saturated heterocycles. The lowest BCUT2D eigenvalue weighted by Crippen LogP contribution is -2.43. The number of nitro groups is 1. The number of ether oxygens (including phenoxy) is 4. The van der Waals surface area contributed by atoms with Crippen molar-refractivity contribution in [2.45, 2.75) is 61.4 Å². The second kappa shape index (κ2) is 10.3. The summed E-state index contributed by atoms with van der Waals surface area (Å²) in [6.07, 6.45) is -15.4. The number of nitrogens with zero attached hydrogens (tertiary/aromatic N) is 1. The number of benzene rings is 1. The zero-order chi connectivity index (χ0) is 23.6. The van der Waals surface area contributed by atoms with E-state index in [9.17, 15) is 45.1 Å². The number of halogens is 1. The molecule has 1 aromatic carbocycles. The van der Waals surface area contributed by atoms with Gasteiger partial charge in [0.15, 0.2) is 6.29 Å². The van der Waals surface area contributed by atoms with Crippen molar-refractivity contribution in [2.24, 2.45) is 0 Å². The summed E-state index contributed by atoms with van der Waals surface area (Å²) in [5.41, 5.74) is -0.182. The van der Waals surface area contributed by atoms with Gasteiger partial charge >= 0.3 is 0 Å². The lowest BCUT2D eigenvalue weighted by atomic mass is 10.1. The standard InChI is InChI=1S/C18H24FNO12/c19-5-9(21)15-11(23)13(25)17(31-15)29-6-10(22)16-12(24)14(26)18(32-16)30-8-3-1-7(2-4-8)20(27)28/h1-4,9-18,21-26H,5-6H2/t9-,10-,11-,12-,13-,14-,15+,16+,17-,18-/m1/s1. The minimum absolute atomic E-state index is 0.104. The topological polar surface area (TPSA) is 201 Å². The van der Waals surface area contributed by atoms with Crippen molar-refractivity contribution in [3.63, 3.8) is 0 Å². The first kappa shape index (κ1) is 24.6. The molecule has 2 aliphatic heterocycles. The van der Waals surface area contributed by atoms with Crippen molar-refractivity contribution in [1.82, 2.24) is 0 Å². The maximum absolute atomic E-state index is 12.6. The Kier molecular flexibility index (Phi) is 7.92. The Morgan fingerprint density at radius 3 is 2.03 bits per heavy atom. The molecule has 14 heteroatoms. The highest BCUT2D eigenvalue weighted by Gasteiger charge is 2.49. The van der Waals surface area contributed by atoms with Crippen molar-refractivity contribution in [2.75, 3.05) is 13.3 Å². The predicted octanol–water partition coefficient (Wildman–Crippen LogP) is -2.43. The molecule has 180 valence electrons. The van der Waals surface area contributed by atoms with Crippen LogP contribution in [0.3, 0.4) is 0 Å². The van der Waals surface area contributed by atoms with E-state index in [1.165, 1.54) is 24.3 Å². The zero-order valence-electron chi connectivity index (χ0n) is 16.5. The van der Waals surface area contributed by atoms with Gasteiger partial charge in [-0.25, -0.2) is 4.39 Å². The molecule has 2 heterocycles. The molecule has 2 aliphatic rings. The van der Waals surface area contributed by atoms with Crippen LogP contribution in [-0.2, 0) is 14.2 Å². The number of aliphatic hydroxyl groups excluding tert-OH is 6. The van der Waals surface area contributed by atoms with Gasteiger partial charge in [-0.15, -0.1) is 0 Å². The summed E-state index contributed by atoms with van der Waals surface area (Å²) < 4.78 is 33.5. The summed E-state index contributed by atoms with van der Waals surface area (Å²) in [4.78, 5) is 10.1. The van der Waals surface area contributed by atoms with Gasteiger partial charge in [0.1, 0.15) is 61.3 Å². The molecule has 0 saturated carbocycles. The van der Waals surface area contributed by atoms with Gasteiger partial charge in [0.05, 0.1) is 11.5 Å². The average molecular weight is 465 g/mol. The number of alkyl halides is 1. The van der Waals surface area contributed by atoms with Crippen molar-refractivity contribution >= 4 is 5.69 Å². The van der Waals surface area contributed by atoms with E-state index in [0.29, 0.717) is 0 Å². The summed E-state index contributed by atoms with van der Waals surface area (Å²) in [6.45, 7) is -1.81. The fraction of sp³-hybridized carbons (Fsp3) is 0.667. The quantitative estimate of drug-likeness (QED) is 0.167. The fourth-order valence-corrected chi connectivity index (χ4v) is 3.37. The molecule has 10 atom stereocenters. The molecule has 0 unspecified atom stereocenters. The van der Waals surface area contributed by atoms with Crippen molar-refractivity contribution in [1.29, 1.82) is 0 Å². The Labute approximate surface area is 180 Å². The summed E-state index contributed by atoms with van der Waals surface area (Å²) in [5.74, 6) is 0.104. The van der Waals surface area contributed by atoms with Gasteiger partial charge < -0.3 is 49.6 Å². The van der Waals surface area contributed by atoms with Gasteiger partial charge in [0, 0.05) is 12.1 Å². The summed E-state index contributed by atoms with van der Waals surface area (Å²) in [5, 5.41) is 70.5. The van der Waals surface area contributed by atoms with Crippen LogP contribution in [0.4, 0.5) is 10.1 Å². The second-order valence-electron chi connectivity index (χ2n) is 7.39. The van der Waals surface area contributed by atoms with E-state index >= 15 is 0 Å². The number of aliphatic hydroxyl groups is 6. The van der Waals surface area contributed by atoms with Crippen molar-refractivity contribution in [3.8, 4) is 5.75 Å². The van der Waals surface area contributed by atoms with Crippen LogP contribution in [-0.4, -0.2) is 110 Å². The van der Waals surface area contributed by atoms with Crippen molar-refractivity contribution < 1.29 is 58.9 Å². The van der Waals surface area contributed by atoms with Gasteiger partial charge in [-0.05, 0) is 12.1 Å². The van der Waals surface area contributed by atoms with E-state index in [-0.39, 0.29) is 11.4 Å². The van der Waals surface area contributed by atoms with E-state index < -0.39 is 79.6 Å². The molecule has 6 N–H and O–H groups in total. The lowest BCUT2D eigenvalue weighted by Gasteiger charge is -2.23. The second-order valence-corrected chi connectivity index (χ2v) is 7.39. The number of rotatable bonds is 9. The van der Waals surface area contributed by atoms with E-state index in [4.69, 9.17) is 18.9 Å². The third-order valence-electron chi connectivity index (χ3n) is 5.16. The highest BCUT2D eigenvalue weighted by atomic mass is 19.1. The van der Waals surface area contributed by atoms with Gasteiger partial charge in [-0.2, -0.15) is 0 Å². The number of non-ortho nitro benzene ring substituents is 1. The molecular weight excluding hydrogens is 441 g/mol. The number of nitro benzene ring substituents is 1. The molecule has 0 bridgehead atoms. The summed E-state index contributed by atoms with van der Waals surface area (Å²) in [7, 11) is 0. The van der Waals surface area contributed by atoms with Crippen LogP contribution in [0.5, 0.6) is 5.75 Å². The highest BCUT2D eigenvalue weighted by molar-refractivity contribution is 5.36. The summed E-state index contributed by atoms with van der Waals surface area (Å²) in [6, 6.07) is 4.86. The van der Waals surface area contributed by atoms with Crippen LogP contribution < -0.4 is 4.74 Å². The van der Waals surface area contributed by atoms with Crippen LogP contribution in [0, 0.1) is 10.1 Å². The molecule has 0 aromatic heterocycles. The van der Waals surface area contributed by atoms with Gasteiger partial charge in [-0.3, -0.25) is 10.1 Å². The fourth-order valence-electron chi connectivity index (χ4n) is 3.37. The van der Waals surface area contributed by atoms with E-state index in [0.717, 1.165) is 0 Å². The van der Waals surface area contributed by atoms with Gasteiger partial charge in [-0.1, -0.05) is 0 Å². The van der Waals surface area contributed by atoms with Crippen LogP contribution in [0.1, 0.15) is 0 Å². The molecule has 0 aliphatic carbocycles. The SMILES string of the molecule is O=[N+]([O-])c1ccc(O[C@@H]2O[C@@H]([C@H](O)CO[C@@H]3O[C@@H]([C@H](O)CF)[C@H](O)[C@H]3O)[C@H](O)[C@H]2O)cc1. The van der Waals surface area contributed by atoms with E-state index in [2.05, 4.69) is 0 Å². The smallest absolute Gasteiger partial charge is 0.269 e. The Balaban J connectivity index is 1.54. The predicted molar refractivity (Wildman–Crippen MR) is 99.0 cm³/mol. The van der Waals surface area contributed by atoms with Gasteiger partial charge in [0.2, 0.25) is 6.29 Å². The summed E-state index contributed by atoms with van der Waals surface area (Å²) >= 11 is 0. The van der Waals surface area contributed by atoms with Crippen LogP contribution in [0.25, 0.3) is 0 Å². The molecule has 0 radical (unpaired) electrons. The molecule has 3 rings (SSSR count). The molecule has 32 heavy (non-hydrogen) atoms. The number of hydrogen-bond donors (Lipinski definition) is 6. The monoisotopic (exact) mass is 465 g/mol. The van der Waals surface area contributed by atoms with Crippen LogP contribution >= 0.6 is 0 Å². The number of hydrogen-bond acceptors (Lipinski definition) is 12. The van der Waals surface area contributed by atoms with Crippen molar-refractivity contribution in [3.05, 3.63) is 34.4 Å². The Morgan fingerprint density at radius 1 is 0.938 bits per heavy atom. The maximum atomic E-state index is 12.6. The molecule has 1 aromatic rings. The van der Waals surface area contributed by atoms with Crippen LogP contribution in [0.2, 0.25) is 0 Å². The first-order valence-electron chi connectivity index (χ1n) is 9.62. The molecule has 0 amide bonds. The van der Waals surface area contributed by atoms with Gasteiger partial charge in [0.25, 0.3) is 5.69 Å². The van der Waals surface area contributed by atoms with E-state index in [1.807, 2.05) is 0 Å². The minimum Gasteiger partial charge on any atom is -0.462 e. The zero-order valence-corrected chi connectivity index (χ0v) is 16.5. The highest BCUT2D eigenvalue weighted by Crippen LogP contribution is 2.29. The third kappa shape index (κ3) is 5.14. The molecule has 13 nitrogen and oxygen atoms in total. The largest absolute Gasteiger partial charge is 0.462 e. The molecular formula is C18H24FNO12. The van der Waals surface area contributed by atoms with Crippen LogP contribution in [0.15, 0.2) is 24.3 Å². The Morgan fingerprint density at radius 2 is 1.47 bits per heavy atom. The maximum Gasteiger partial charge on any atom is 0.269 e. The Hall–Kier alpha value is -2.01. The molecule has 2 fully saturated rings. The molecule has 0 spiro atoms. The first-order valence-corrected chi connectivity index (χ1v) is 9.62. The Bertz CT molecular complexity index is 769. The minimum atomic E-state index is -1.69.